The predicted molar refractivity (Wildman–Crippen MR) is 129 cm³/mol. The van der Waals surface area contributed by atoms with Crippen LogP contribution < -0.4 is 10.6 Å². The summed E-state index contributed by atoms with van der Waals surface area (Å²) in [7, 11) is 0. The number of benzene rings is 2. The molecule has 4 nitrogen and oxygen atoms in total. The smallest absolute Gasteiger partial charge is 0.224 e. The largest absolute Gasteiger partial charge is 0.353 e. The molecule has 33 heavy (non-hydrogen) atoms. The summed E-state index contributed by atoms with van der Waals surface area (Å²) in [6.07, 6.45) is 5.28. The number of nitrogens with one attached hydrogen (secondary N) is 2. The molecule has 1 unspecified atom stereocenters. The molecule has 0 aromatic heterocycles. The Balaban J connectivity index is 1.40. The van der Waals surface area contributed by atoms with Gasteiger partial charge in [0, 0.05) is 17.5 Å². The molecule has 2 saturated carbocycles. The number of amides is 2. The van der Waals surface area contributed by atoms with Crippen LogP contribution in [0.3, 0.4) is 0 Å². The summed E-state index contributed by atoms with van der Waals surface area (Å²) in [5.41, 5.74) is 0.934. The maximum Gasteiger partial charge on any atom is 0.224 e. The van der Waals surface area contributed by atoms with Crippen LogP contribution in [0.15, 0.2) is 42.5 Å². The molecule has 0 aliphatic heterocycles. The van der Waals surface area contributed by atoms with E-state index in [1.807, 2.05) is 30.3 Å². The lowest BCUT2D eigenvalue weighted by molar-refractivity contribution is -0.132. The highest BCUT2D eigenvalue weighted by atomic mass is 35.5. The van der Waals surface area contributed by atoms with Gasteiger partial charge in [0.15, 0.2) is 0 Å². The highest BCUT2D eigenvalue weighted by Gasteiger charge is 2.43. The zero-order chi connectivity index (χ0) is 23.6. The lowest BCUT2D eigenvalue weighted by Gasteiger charge is -2.40. The molecule has 1 atom stereocenters. The van der Waals surface area contributed by atoms with Crippen molar-refractivity contribution in [1.29, 1.82) is 0 Å². The molecular formula is C26H29Cl2FN2O2. The van der Waals surface area contributed by atoms with Crippen molar-refractivity contribution >= 4 is 35.0 Å². The van der Waals surface area contributed by atoms with E-state index in [2.05, 4.69) is 17.6 Å². The van der Waals surface area contributed by atoms with Gasteiger partial charge in [0.2, 0.25) is 11.8 Å². The fourth-order valence-corrected chi connectivity index (χ4v) is 5.57. The van der Waals surface area contributed by atoms with Crippen LogP contribution >= 0.6 is 23.2 Å². The molecule has 0 bridgehead atoms. The quantitative estimate of drug-likeness (QED) is 0.467. The van der Waals surface area contributed by atoms with Gasteiger partial charge < -0.3 is 10.6 Å². The molecule has 4 rings (SSSR count). The van der Waals surface area contributed by atoms with E-state index in [9.17, 15) is 14.0 Å². The van der Waals surface area contributed by atoms with Gasteiger partial charge in [-0.1, -0.05) is 73.3 Å². The second kappa shape index (κ2) is 10.0. The Morgan fingerprint density at radius 1 is 1.09 bits per heavy atom. The summed E-state index contributed by atoms with van der Waals surface area (Å²) in [5, 5.41) is 6.55. The minimum Gasteiger partial charge on any atom is -0.353 e. The van der Waals surface area contributed by atoms with E-state index in [1.165, 1.54) is 12.1 Å². The first-order chi connectivity index (χ1) is 15.8. The van der Waals surface area contributed by atoms with Gasteiger partial charge in [-0.3, -0.25) is 9.59 Å². The standard InChI is InChI=1S/C26H29Cl2FN2O2/c1-26(11-5-6-12-26)24(22-20(29)10-9-19(27)23(22)28)31-25(33)17-14-18(15-17)30-21(32)13-16-7-3-2-4-8-16/h2-4,7-10,17-18,24H,5-6,11-15H2,1H3,(H,30,32)(H,31,33). The Labute approximate surface area is 204 Å². The van der Waals surface area contributed by atoms with Gasteiger partial charge in [0.1, 0.15) is 5.82 Å². The molecule has 2 amide bonds. The molecule has 0 heterocycles. The van der Waals surface area contributed by atoms with Crippen molar-refractivity contribution in [2.75, 3.05) is 0 Å². The Morgan fingerprint density at radius 2 is 1.76 bits per heavy atom. The summed E-state index contributed by atoms with van der Waals surface area (Å²) < 4.78 is 14.9. The van der Waals surface area contributed by atoms with E-state index < -0.39 is 11.9 Å². The minimum absolute atomic E-state index is 0.0241. The summed E-state index contributed by atoms with van der Waals surface area (Å²) in [6, 6.07) is 11.7. The zero-order valence-corrected chi connectivity index (χ0v) is 20.2. The van der Waals surface area contributed by atoms with Crippen LogP contribution in [0.4, 0.5) is 4.39 Å². The summed E-state index contributed by atoms with van der Waals surface area (Å²) in [4.78, 5) is 25.4. The van der Waals surface area contributed by atoms with Crippen molar-refractivity contribution in [3.63, 3.8) is 0 Å². The van der Waals surface area contributed by atoms with E-state index in [0.717, 1.165) is 31.2 Å². The summed E-state index contributed by atoms with van der Waals surface area (Å²) in [5.74, 6) is -0.852. The second-order valence-electron chi connectivity index (χ2n) is 9.65. The van der Waals surface area contributed by atoms with Crippen molar-refractivity contribution in [3.8, 4) is 0 Å². The number of hydrogen-bond donors (Lipinski definition) is 2. The van der Waals surface area contributed by atoms with E-state index in [4.69, 9.17) is 23.2 Å². The molecule has 2 aromatic rings. The van der Waals surface area contributed by atoms with Crippen molar-refractivity contribution in [1.82, 2.24) is 10.6 Å². The van der Waals surface area contributed by atoms with E-state index in [-0.39, 0.29) is 44.8 Å². The average molecular weight is 491 g/mol. The van der Waals surface area contributed by atoms with Crippen LogP contribution in [0.5, 0.6) is 0 Å². The molecule has 2 aliphatic carbocycles. The van der Waals surface area contributed by atoms with Crippen molar-refractivity contribution in [2.24, 2.45) is 11.3 Å². The van der Waals surface area contributed by atoms with Gasteiger partial charge in [-0.05, 0) is 48.8 Å². The Bertz CT molecular complexity index is 1020. The number of halogens is 3. The Hall–Kier alpha value is -2.11. The third kappa shape index (κ3) is 5.36. The molecule has 0 saturated heterocycles. The highest BCUT2D eigenvalue weighted by molar-refractivity contribution is 6.42. The maximum atomic E-state index is 14.9. The highest BCUT2D eigenvalue weighted by Crippen LogP contribution is 2.50. The van der Waals surface area contributed by atoms with Crippen LogP contribution in [0.2, 0.25) is 10.0 Å². The Kier molecular flexibility index (Phi) is 7.30. The van der Waals surface area contributed by atoms with Gasteiger partial charge >= 0.3 is 0 Å². The van der Waals surface area contributed by atoms with Gasteiger partial charge in [0.25, 0.3) is 0 Å². The fourth-order valence-electron chi connectivity index (χ4n) is 5.14. The monoisotopic (exact) mass is 490 g/mol. The second-order valence-corrected chi connectivity index (χ2v) is 10.4. The number of hydrogen-bond acceptors (Lipinski definition) is 2. The fraction of sp³-hybridized carbons (Fsp3) is 0.462. The van der Waals surface area contributed by atoms with Crippen LogP contribution in [0.25, 0.3) is 0 Å². The summed E-state index contributed by atoms with van der Waals surface area (Å²) >= 11 is 12.6. The molecule has 7 heteroatoms. The SMILES string of the molecule is CC1(C(NC(=O)C2CC(NC(=O)Cc3ccccc3)C2)c2c(F)ccc(Cl)c2Cl)CCCC1. The predicted octanol–water partition coefficient (Wildman–Crippen LogP) is 6.01. The number of carbonyl (C=O) groups excluding carboxylic acids is 2. The third-order valence-corrected chi connectivity index (χ3v) is 8.00. The van der Waals surface area contributed by atoms with Gasteiger partial charge in [-0.25, -0.2) is 4.39 Å². The molecule has 0 spiro atoms. The van der Waals surface area contributed by atoms with Gasteiger partial charge in [-0.2, -0.15) is 0 Å². The minimum atomic E-state index is -0.551. The van der Waals surface area contributed by atoms with Crippen molar-refractivity contribution < 1.29 is 14.0 Å². The van der Waals surface area contributed by atoms with Crippen molar-refractivity contribution in [3.05, 3.63) is 69.5 Å². The number of rotatable bonds is 7. The van der Waals surface area contributed by atoms with Gasteiger partial charge in [-0.15, -0.1) is 0 Å². The molecule has 2 aliphatic rings. The maximum absolute atomic E-state index is 14.9. The molecule has 2 N–H and O–H groups in total. The normalized spacial score (nSPS) is 22.3. The average Bonchev–Trinajstić information content (AvgIpc) is 3.20. The summed E-state index contributed by atoms with van der Waals surface area (Å²) in [6.45, 7) is 2.08. The topological polar surface area (TPSA) is 58.2 Å². The first-order valence-corrected chi connectivity index (χ1v) is 12.3. The first kappa shape index (κ1) is 24.0. The number of carbonyl (C=O) groups is 2. The Morgan fingerprint density at radius 3 is 2.42 bits per heavy atom. The molecular weight excluding hydrogens is 462 g/mol. The van der Waals surface area contributed by atoms with Crippen LogP contribution in [0, 0.1) is 17.2 Å². The van der Waals surface area contributed by atoms with E-state index >= 15 is 0 Å². The van der Waals surface area contributed by atoms with Crippen LogP contribution in [-0.2, 0) is 16.0 Å². The van der Waals surface area contributed by atoms with Gasteiger partial charge in [0.05, 0.1) is 22.5 Å². The molecule has 2 fully saturated rings. The van der Waals surface area contributed by atoms with Crippen LogP contribution in [0.1, 0.15) is 62.6 Å². The lowest BCUT2D eigenvalue weighted by atomic mass is 9.75. The molecule has 2 aromatic carbocycles. The molecule has 0 radical (unpaired) electrons. The van der Waals surface area contributed by atoms with E-state index in [1.54, 1.807) is 0 Å². The zero-order valence-electron chi connectivity index (χ0n) is 18.7. The lowest BCUT2D eigenvalue weighted by Crippen LogP contribution is -2.51. The van der Waals surface area contributed by atoms with E-state index in [0.29, 0.717) is 19.3 Å². The van der Waals surface area contributed by atoms with Crippen LogP contribution in [-0.4, -0.2) is 17.9 Å². The first-order valence-electron chi connectivity index (χ1n) is 11.5. The molecule has 176 valence electrons. The third-order valence-electron chi connectivity index (χ3n) is 7.18. The van der Waals surface area contributed by atoms with Crippen molar-refractivity contribution in [2.45, 2.75) is 64.0 Å².